The number of imide groups is 1. The van der Waals surface area contributed by atoms with Crippen molar-refractivity contribution >= 4 is 23.7 Å². The smallest absolute Gasteiger partial charge is 0.330 e. The molecule has 1 aliphatic heterocycles. The van der Waals surface area contributed by atoms with Gasteiger partial charge in [0, 0.05) is 13.1 Å². The zero-order valence-electron chi connectivity index (χ0n) is 17.4. The third-order valence-corrected chi connectivity index (χ3v) is 5.06. The molecule has 0 saturated heterocycles. The molecule has 1 aromatic carbocycles. The summed E-state index contributed by atoms with van der Waals surface area (Å²) >= 11 is 0. The molecule has 0 aliphatic carbocycles. The van der Waals surface area contributed by atoms with Gasteiger partial charge in [-0.15, -0.1) is 0 Å². The summed E-state index contributed by atoms with van der Waals surface area (Å²) in [5.41, 5.74) is 1.36. The van der Waals surface area contributed by atoms with E-state index in [-0.39, 0.29) is 23.0 Å². The van der Waals surface area contributed by atoms with Crippen LogP contribution in [0.1, 0.15) is 54.8 Å². The van der Waals surface area contributed by atoms with Gasteiger partial charge in [-0.1, -0.05) is 44.6 Å². The lowest BCUT2D eigenvalue weighted by Gasteiger charge is -2.29. The van der Waals surface area contributed by atoms with Crippen molar-refractivity contribution in [3.63, 3.8) is 0 Å². The quantitative estimate of drug-likeness (QED) is 0.361. The van der Waals surface area contributed by atoms with E-state index >= 15 is 0 Å². The zero-order chi connectivity index (χ0) is 21.7. The maximum absolute atomic E-state index is 12.9. The third kappa shape index (κ3) is 4.72. The first-order valence-electron chi connectivity index (χ1n) is 9.78. The minimum Gasteiger partial charge on any atom is -0.454 e. The molecule has 0 fully saturated rings. The van der Waals surface area contributed by atoms with Crippen molar-refractivity contribution in [3.05, 3.63) is 47.5 Å². The van der Waals surface area contributed by atoms with E-state index in [2.05, 4.69) is 6.58 Å². The largest absolute Gasteiger partial charge is 0.454 e. The topological polar surface area (TPSA) is 84.0 Å². The van der Waals surface area contributed by atoms with Crippen LogP contribution in [-0.2, 0) is 14.3 Å². The predicted molar refractivity (Wildman–Crippen MR) is 108 cm³/mol. The Balaban J connectivity index is 2.18. The van der Waals surface area contributed by atoms with Crippen molar-refractivity contribution in [2.45, 2.75) is 40.2 Å². The average Bonchev–Trinajstić information content (AvgIpc) is 2.95. The number of hydrogen-bond donors (Lipinski definition) is 0. The molecule has 0 aromatic heterocycles. The van der Waals surface area contributed by atoms with Crippen LogP contribution >= 0.6 is 0 Å². The Morgan fingerprint density at radius 2 is 1.69 bits per heavy atom. The molecule has 156 valence electrons. The lowest BCUT2D eigenvalue weighted by Crippen LogP contribution is -2.50. The molecule has 3 amide bonds. The molecule has 7 heteroatoms. The van der Waals surface area contributed by atoms with Gasteiger partial charge in [-0.2, -0.15) is 0 Å². The lowest BCUT2D eigenvalue weighted by molar-refractivity contribution is -0.156. The molecule has 7 nitrogen and oxygen atoms in total. The molecule has 0 spiro atoms. The molecule has 2 rings (SSSR count). The molecule has 29 heavy (non-hydrogen) atoms. The van der Waals surface area contributed by atoms with Crippen LogP contribution in [0.2, 0.25) is 0 Å². The summed E-state index contributed by atoms with van der Waals surface area (Å²) < 4.78 is 5.26. The number of hydrogen-bond acceptors (Lipinski definition) is 5. The normalized spacial score (nSPS) is 15.0. The van der Waals surface area contributed by atoms with E-state index in [4.69, 9.17) is 4.74 Å². The van der Waals surface area contributed by atoms with Crippen molar-refractivity contribution in [1.29, 1.82) is 0 Å². The van der Waals surface area contributed by atoms with E-state index in [1.165, 1.54) is 4.90 Å². The fourth-order valence-electron chi connectivity index (χ4n) is 3.29. The van der Waals surface area contributed by atoms with Crippen molar-refractivity contribution in [3.8, 4) is 0 Å². The highest BCUT2D eigenvalue weighted by atomic mass is 16.5. The summed E-state index contributed by atoms with van der Waals surface area (Å²) in [6.45, 7) is 11.4. The molecule has 0 bridgehead atoms. The standard InChI is InChI=1S/C22H28N2O5/c1-6-15(5)19(22(28)29-13-18(25)23(7-2)12-14(3)4)24-20(26)16-10-8-9-11-17(16)21(24)27/h8-11,15,19H,3,6-7,12-13H2,1-2,4-5H3. The highest BCUT2D eigenvalue weighted by Crippen LogP contribution is 2.28. The van der Waals surface area contributed by atoms with E-state index in [1.54, 1.807) is 31.2 Å². The van der Waals surface area contributed by atoms with Gasteiger partial charge >= 0.3 is 5.97 Å². The van der Waals surface area contributed by atoms with E-state index in [0.717, 1.165) is 10.5 Å². The number of esters is 1. The van der Waals surface area contributed by atoms with Crippen LogP contribution in [-0.4, -0.2) is 59.2 Å². The maximum atomic E-state index is 12.9. The fourth-order valence-corrected chi connectivity index (χ4v) is 3.29. The first-order chi connectivity index (χ1) is 13.7. The third-order valence-electron chi connectivity index (χ3n) is 5.06. The number of amides is 3. The van der Waals surface area contributed by atoms with Crippen LogP contribution in [0, 0.1) is 5.92 Å². The number of nitrogens with zero attached hydrogens (tertiary/aromatic N) is 2. The van der Waals surface area contributed by atoms with Crippen LogP contribution < -0.4 is 0 Å². The Labute approximate surface area is 171 Å². The Kier molecular flexibility index (Phi) is 7.31. The summed E-state index contributed by atoms with van der Waals surface area (Å²) in [7, 11) is 0. The number of fused-ring (bicyclic) bond motifs is 1. The Hall–Kier alpha value is -2.96. The molecule has 1 heterocycles. The summed E-state index contributed by atoms with van der Waals surface area (Å²) in [6.07, 6.45) is 0.553. The van der Waals surface area contributed by atoms with Crippen LogP contribution in [0.15, 0.2) is 36.4 Å². The summed E-state index contributed by atoms with van der Waals surface area (Å²) in [4.78, 5) is 53.3. The number of rotatable bonds is 9. The average molecular weight is 400 g/mol. The summed E-state index contributed by atoms with van der Waals surface area (Å²) in [5.74, 6) is -2.46. The van der Waals surface area contributed by atoms with Gasteiger partial charge in [0.15, 0.2) is 6.61 Å². The zero-order valence-corrected chi connectivity index (χ0v) is 17.4. The Morgan fingerprint density at radius 3 is 2.14 bits per heavy atom. The molecule has 0 saturated carbocycles. The minimum atomic E-state index is -1.09. The summed E-state index contributed by atoms with van der Waals surface area (Å²) in [6, 6.07) is 5.38. The number of benzene rings is 1. The molecule has 1 aromatic rings. The molecule has 0 radical (unpaired) electrons. The highest BCUT2D eigenvalue weighted by Gasteiger charge is 2.45. The van der Waals surface area contributed by atoms with Gasteiger partial charge < -0.3 is 9.64 Å². The van der Waals surface area contributed by atoms with Gasteiger partial charge in [0.1, 0.15) is 6.04 Å². The number of carbonyl (C=O) groups is 4. The van der Waals surface area contributed by atoms with E-state index in [9.17, 15) is 19.2 Å². The van der Waals surface area contributed by atoms with Gasteiger partial charge in [-0.3, -0.25) is 19.3 Å². The highest BCUT2D eigenvalue weighted by molar-refractivity contribution is 6.22. The second-order valence-corrected chi connectivity index (χ2v) is 7.33. The van der Waals surface area contributed by atoms with Crippen molar-refractivity contribution in [1.82, 2.24) is 9.80 Å². The van der Waals surface area contributed by atoms with E-state index in [0.29, 0.717) is 19.5 Å². The van der Waals surface area contributed by atoms with E-state index < -0.39 is 30.4 Å². The number of likely N-dealkylation sites (N-methyl/N-ethyl adjacent to an activating group) is 1. The lowest BCUT2D eigenvalue weighted by atomic mass is 9.97. The maximum Gasteiger partial charge on any atom is 0.330 e. The van der Waals surface area contributed by atoms with Crippen molar-refractivity contribution < 1.29 is 23.9 Å². The fraction of sp³-hybridized carbons (Fsp3) is 0.455. The minimum absolute atomic E-state index is 0.272. The molecule has 2 atom stereocenters. The first-order valence-corrected chi connectivity index (χ1v) is 9.78. The molecule has 1 aliphatic rings. The second-order valence-electron chi connectivity index (χ2n) is 7.33. The number of ether oxygens (including phenoxy) is 1. The molecule has 0 N–H and O–H groups in total. The van der Waals surface area contributed by atoms with Crippen LogP contribution in [0.5, 0.6) is 0 Å². The van der Waals surface area contributed by atoms with Crippen molar-refractivity contribution in [2.24, 2.45) is 5.92 Å². The first kappa shape index (κ1) is 22.3. The Bertz CT molecular complexity index is 797. The SMILES string of the molecule is C=C(C)CN(CC)C(=O)COC(=O)C(C(C)CC)N1C(=O)c2ccccc2C1=O. The van der Waals surface area contributed by atoms with Crippen LogP contribution in [0.3, 0.4) is 0 Å². The molecule has 2 unspecified atom stereocenters. The predicted octanol–water partition coefficient (Wildman–Crippen LogP) is 2.67. The van der Waals surface area contributed by atoms with Gasteiger partial charge in [0.2, 0.25) is 0 Å². The van der Waals surface area contributed by atoms with Crippen LogP contribution in [0.4, 0.5) is 0 Å². The van der Waals surface area contributed by atoms with Gasteiger partial charge in [-0.25, -0.2) is 4.79 Å². The summed E-state index contributed by atoms with van der Waals surface area (Å²) in [5, 5.41) is 0. The molecular weight excluding hydrogens is 372 g/mol. The van der Waals surface area contributed by atoms with Gasteiger partial charge in [0.25, 0.3) is 17.7 Å². The van der Waals surface area contributed by atoms with E-state index in [1.807, 2.05) is 20.8 Å². The molecular formula is C22H28N2O5. The number of carbonyl (C=O) groups excluding carboxylic acids is 4. The van der Waals surface area contributed by atoms with Crippen LogP contribution in [0.25, 0.3) is 0 Å². The Morgan fingerprint density at radius 1 is 1.14 bits per heavy atom. The van der Waals surface area contributed by atoms with Gasteiger partial charge in [0.05, 0.1) is 11.1 Å². The second kappa shape index (κ2) is 9.49. The van der Waals surface area contributed by atoms with Gasteiger partial charge in [-0.05, 0) is 31.9 Å². The monoisotopic (exact) mass is 400 g/mol. The van der Waals surface area contributed by atoms with Crippen molar-refractivity contribution in [2.75, 3.05) is 19.7 Å².